The average Bonchev–Trinajstić information content (AvgIpc) is 2.91. The summed E-state index contributed by atoms with van der Waals surface area (Å²) in [5, 5.41) is 0. The van der Waals surface area contributed by atoms with Crippen molar-refractivity contribution in [2.24, 2.45) is 11.8 Å². The third-order valence-electron chi connectivity index (χ3n) is 3.96. The predicted molar refractivity (Wildman–Crippen MR) is 64.0 cm³/mol. The lowest BCUT2D eigenvalue weighted by Gasteiger charge is -2.20. The molecular weight excluding hydrogens is 200 g/mol. The second-order valence-corrected chi connectivity index (χ2v) is 5.10. The van der Waals surface area contributed by atoms with Crippen molar-refractivity contribution in [1.82, 2.24) is 0 Å². The number of carbonyl (C=O) groups excluding carboxylic acids is 1. The monoisotopic (exact) mass is 222 g/mol. The molecule has 0 aromatic carbocycles. The minimum Gasteiger partial charge on any atom is -0.465 e. The highest BCUT2D eigenvalue weighted by Gasteiger charge is 2.40. The van der Waals surface area contributed by atoms with Crippen molar-refractivity contribution in [2.75, 3.05) is 6.61 Å². The molecular formula is C14H22O2. The van der Waals surface area contributed by atoms with Crippen LogP contribution >= 0.6 is 0 Å². The summed E-state index contributed by atoms with van der Waals surface area (Å²) in [6, 6.07) is 0. The molecule has 0 N–H and O–H groups in total. The highest BCUT2D eigenvalue weighted by atomic mass is 16.5. The average molecular weight is 222 g/mol. The molecule has 0 aliphatic heterocycles. The Morgan fingerprint density at radius 3 is 2.62 bits per heavy atom. The molecule has 1 saturated carbocycles. The van der Waals surface area contributed by atoms with Crippen molar-refractivity contribution in [3.8, 4) is 0 Å². The van der Waals surface area contributed by atoms with Crippen LogP contribution in [0, 0.1) is 11.8 Å². The predicted octanol–water partition coefficient (Wildman–Crippen LogP) is 3.47. The molecule has 2 aliphatic rings. The van der Waals surface area contributed by atoms with Gasteiger partial charge in [-0.3, -0.25) is 4.79 Å². The van der Waals surface area contributed by atoms with Gasteiger partial charge in [0.15, 0.2) is 0 Å². The first-order valence-electron chi connectivity index (χ1n) is 6.60. The van der Waals surface area contributed by atoms with Crippen LogP contribution in [0.15, 0.2) is 11.1 Å². The zero-order chi connectivity index (χ0) is 11.5. The lowest BCUT2D eigenvalue weighted by molar-refractivity contribution is -0.144. The van der Waals surface area contributed by atoms with Crippen LogP contribution in [0.3, 0.4) is 0 Å². The van der Waals surface area contributed by atoms with Gasteiger partial charge >= 0.3 is 5.97 Å². The van der Waals surface area contributed by atoms with E-state index in [9.17, 15) is 4.79 Å². The Morgan fingerprint density at radius 1 is 1.31 bits per heavy atom. The molecule has 2 heteroatoms. The molecule has 2 aliphatic carbocycles. The minimum atomic E-state index is -0.0224. The molecule has 0 aromatic heterocycles. The first-order chi connectivity index (χ1) is 7.74. The Bertz CT molecular complexity index is 298. The van der Waals surface area contributed by atoms with Crippen molar-refractivity contribution < 1.29 is 9.53 Å². The number of rotatable bonds is 4. The van der Waals surface area contributed by atoms with E-state index in [1.54, 1.807) is 0 Å². The molecule has 0 spiro atoms. The summed E-state index contributed by atoms with van der Waals surface area (Å²) < 4.78 is 5.08. The molecule has 0 unspecified atom stereocenters. The summed E-state index contributed by atoms with van der Waals surface area (Å²) >= 11 is 0. The highest BCUT2D eigenvalue weighted by molar-refractivity contribution is 5.85. The van der Waals surface area contributed by atoms with Gasteiger partial charge in [-0.1, -0.05) is 43.3 Å². The molecule has 2 nitrogen and oxygen atoms in total. The lowest BCUT2D eigenvalue weighted by atomic mass is 9.86. The maximum absolute atomic E-state index is 11.6. The van der Waals surface area contributed by atoms with Crippen molar-refractivity contribution in [3.63, 3.8) is 0 Å². The summed E-state index contributed by atoms with van der Waals surface area (Å²) in [7, 11) is 0. The van der Waals surface area contributed by atoms with Gasteiger partial charge in [0.05, 0.1) is 12.5 Å². The van der Waals surface area contributed by atoms with E-state index < -0.39 is 0 Å². The van der Waals surface area contributed by atoms with Crippen LogP contribution in [-0.2, 0) is 9.53 Å². The van der Waals surface area contributed by atoms with Gasteiger partial charge in [-0.05, 0) is 26.2 Å². The molecule has 16 heavy (non-hydrogen) atoms. The first kappa shape index (κ1) is 11.7. The third-order valence-corrected chi connectivity index (χ3v) is 3.96. The summed E-state index contributed by atoms with van der Waals surface area (Å²) in [5.41, 5.74) is 2.66. The van der Waals surface area contributed by atoms with Crippen LogP contribution in [0.5, 0.6) is 0 Å². The zero-order valence-corrected chi connectivity index (χ0v) is 10.4. The van der Waals surface area contributed by atoms with E-state index in [0.717, 1.165) is 12.3 Å². The second-order valence-electron chi connectivity index (χ2n) is 5.10. The van der Waals surface area contributed by atoms with E-state index >= 15 is 0 Å². The number of hydrogen-bond acceptors (Lipinski definition) is 2. The maximum Gasteiger partial charge on any atom is 0.317 e. The number of carbonyl (C=O) groups is 1. The lowest BCUT2D eigenvalue weighted by Crippen LogP contribution is -2.11. The first-order valence-corrected chi connectivity index (χ1v) is 6.60. The van der Waals surface area contributed by atoms with Gasteiger partial charge in [-0.2, -0.15) is 0 Å². The number of hydrogen-bond donors (Lipinski definition) is 0. The van der Waals surface area contributed by atoms with Crippen LogP contribution in [-0.4, -0.2) is 12.6 Å². The minimum absolute atomic E-state index is 0.0224. The molecule has 0 radical (unpaired) electrons. The fourth-order valence-electron chi connectivity index (χ4n) is 2.92. The van der Waals surface area contributed by atoms with Crippen LogP contribution in [0.2, 0.25) is 0 Å². The van der Waals surface area contributed by atoms with Crippen LogP contribution in [0.4, 0.5) is 0 Å². The molecule has 0 heterocycles. The molecule has 2 rings (SSSR count). The second kappa shape index (κ2) is 5.03. The van der Waals surface area contributed by atoms with Crippen LogP contribution in [0.1, 0.15) is 52.4 Å². The van der Waals surface area contributed by atoms with E-state index in [-0.39, 0.29) is 11.9 Å². The topological polar surface area (TPSA) is 26.3 Å². The Labute approximate surface area is 98.1 Å². The highest BCUT2D eigenvalue weighted by Crippen LogP contribution is 2.45. The van der Waals surface area contributed by atoms with Crippen LogP contribution in [0.25, 0.3) is 0 Å². The molecule has 90 valence electrons. The van der Waals surface area contributed by atoms with Gasteiger partial charge in [0.2, 0.25) is 0 Å². The van der Waals surface area contributed by atoms with Gasteiger partial charge in [0.1, 0.15) is 0 Å². The van der Waals surface area contributed by atoms with Gasteiger partial charge in [0, 0.05) is 0 Å². The Morgan fingerprint density at radius 2 is 2.00 bits per heavy atom. The quantitative estimate of drug-likeness (QED) is 0.538. The Kier molecular flexibility index (Phi) is 3.67. The smallest absolute Gasteiger partial charge is 0.317 e. The fourth-order valence-corrected chi connectivity index (χ4v) is 2.92. The number of ether oxygens (including phenoxy) is 1. The summed E-state index contributed by atoms with van der Waals surface area (Å²) in [4.78, 5) is 11.6. The van der Waals surface area contributed by atoms with E-state index in [1.165, 1.54) is 43.3 Å². The third kappa shape index (κ3) is 2.47. The van der Waals surface area contributed by atoms with Gasteiger partial charge < -0.3 is 4.74 Å². The Balaban J connectivity index is 1.80. The van der Waals surface area contributed by atoms with Crippen molar-refractivity contribution in [3.05, 3.63) is 11.1 Å². The summed E-state index contributed by atoms with van der Waals surface area (Å²) in [6.45, 7) is 4.45. The summed E-state index contributed by atoms with van der Waals surface area (Å²) in [6.07, 6.45) is 8.01. The van der Waals surface area contributed by atoms with E-state index in [1.807, 2.05) is 6.92 Å². The molecule has 1 fully saturated rings. The zero-order valence-electron chi connectivity index (χ0n) is 10.4. The van der Waals surface area contributed by atoms with Crippen LogP contribution < -0.4 is 0 Å². The van der Waals surface area contributed by atoms with E-state index in [2.05, 4.69) is 6.92 Å². The van der Waals surface area contributed by atoms with Gasteiger partial charge in [-0.15, -0.1) is 0 Å². The Hall–Kier alpha value is -0.790. The van der Waals surface area contributed by atoms with E-state index in [0.29, 0.717) is 6.61 Å². The number of esters is 1. The summed E-state index contributed by atoms with van der Waals surface area (Å²) in [5.74, 6) is 0.866. The van der Waals surface area contributed by atoms with Gasteiger partial charge in [0.25, 0.3) is 0 Å². The van der Waals surface area contributed by atoms with Crippen molar-refractivity contribution >= 4 is 5.97 Å². The van der Waals surface area contributed by atoms with E-state index in [4.69, 9.17) is 4.74 Å². The largest absolute Gasteiger partial charge is 0.465 e. The fraction of sp³-hybridized carbons (Fsp3) is 0.786. The molecule has 0 aromatic rings. The van der Waals surface area contributed by atoms with Crippen molar-refractivity contribution in [2.45, 2.75) is 52.4 Å². The maximum atomic E-state index is 11.6. The molecule has 0 amide bonds. The molecule has 0 saturated heterocycles. The molecule has 0 bridgehead atoms. The van der Waals surface area contributed by atoms with Crippen molar-refractivity contribution in [1.29, 1.82) is 0 Å². The SMILES string of the molecule is CCOC(=O)[C@@H]1C(C)=C1CC1CCCCC1. The standard InChI is InChI=1S/C14H22O2/c1-3-16-14(15)13-10(2)12(13)9-11-7-5-4-6-8-11/h11,13H,3-9H2,1-2H3/t13-/m1/s1. The molecule has 1 atom stereocenters. The van der Waals surface area contributed by atoms with Gasteiger partial charge in [-0.25, -0.2) is 0 Å². The normalized spacial score (nSPS) is 25.8.